The maximum atomic E-state index is 14.3. The van der Waals surface area contributed by atoms with Crippen LogP contribution in [0, 0.1) is 17.5 Å². The first-order chi connectivity index (χ1) is 21.8. The van der Waals surface area contributed by atoms with Crippen LogP contribution >= 0.6 is 11.3 Å². The lowest BCUT2D eigenvalue weighted by atomic mass is 10.0. The van der Waals surface area contributed by atoms with E-state index in [0.29, 0.717) is 29.2 Å². The van der Waals surface area contributed by atoms with Crippen LogP contribution in [0.1, 0.15) is 22.7 Å². The van der Waals surface area contributed by atoms with Crippen molar-refractivity contribution < 1.29 is 32.2 Å². The fraction of sp³-hybridized carbons (Fsp3) is 0.118. The molecule has 2 aliphatic rings. The van der Waals surface area contributed by atoms with E-state index in [9.17, 15) is 22.8 Å². The third-order valence-corrected chi connectivity index (χ3v) is 7.76. The van der Waals surface area contributed by atoms with Crippen LogP contribution in [-0.2, 0) is 16.1 Å². The molecule has 0 aliphatic carbocycles. The van der Waals surface area contributed by atoms with Gasteiger partial charge in [0.25, 0.3) is 5.91 Å². The largest absolute Gasteiger partial charge is 0.483 e. The second-order valence-electron chi connectivity index (χ2n) is 9.87. The molecule has 0 atom stereocenters. The van der Waals surface area contributed by atoms with Gasteiger partial charge in [0.2, 0.25) is 0 Å². The Kier molecular flexibility index (Phi) is 9.47. The van der Waals surface area contributed by atoms with E-state index in [1.54, 1.807) is 29.8 Å². The highest BCUT2D eigenvalue weighted by molar-refractivity contribution is 7.12. The molecule has 3 aromatic carbocycles. The van der Waals surface area contributed by atoms with Gasteiger partial charge >= 0.3 is 5.97 Å². The molecule has 234 valence electrons. The molecule has 8 nitrogen and oxygen atoms in total. The van der Waals surface area contributed by atoms with E-state index in [1.807, 2.05) is 35.0 Å². The van der Waals surface area contributed by atoms with Gasteiger partial charge in [-0.15, -0.1) is 11.3 Å². The minimum Gasteiger partial charge on any atom is -0.483 e. The number of thiophene rings is 1. The van der Waals surface area contributed by atoms with Gasteiger partial charge in [0.15, 0.2) is 24.1 Å². The number of hydrogen-bond acceptors (Lipinski definition) is 7. The summed E-state index contributed by atoms with van der Waals surface area (Å²) in [7, 11) is 1.25. The van der Waals surface area contributed by atoms with E-state index in [2.05, 4.69) is 15.3 Å². The summed E-state index contributed by atoms with van der Waals surface area (Å²) in [5, 5.41) is 4.27. The smallest absolute Gasteiger partial charge is 0.350 e. The number of carbonyl (C=O) groups is 2. The van der Waals surface area contributed by atoms with Crippen molar-refractivity contribution in [2.75, 3.05) is 19.0 Å². The van der Waals surface area contributed by atoms with Crippen molar-refractivity contribution in [2.45, 2.75) is 14.0 Å². The summed E-state index contributed by atoms with van der Waals surface area (Å²) in [6.07, 6.45) is 3.59. The quantitative estimate of drug-likeness (QED) is 0.162. The van der Waals surface area contributed by atoms with Crippen LogP contribution in [0.5, 0.6) is 5.75 Å². The summed E-state index contributed by atoms with van der Waals surface area (Å²) < 4.78 is 54.4. The number of ether oxygens (including phenoxy) is 2. The second-order valence-corrected chi connectivity index (χ2v) is 10.8. The summed E-state index contributed by atoms with van der Waals surface area (Å²) in [4.78, 5) is 33.4. The molecule has 2 aliphatic heterocycles. The lowest BCUT2D eigenvalue weighted by Gasteiger charge is -2.13. The van der Waals surface area contributed by atoms with Crippen LogP contribution in [0.4, 0.5) is 18.9 Å². The van der Waals surface area contributed by atoms with Gasteiger partial charge in [-0.05, 0) is 52.9 Å². The lowest BCUT2D eigenvalue weighted by Crippen LogP contribution is -2.21. The van der Waals surface area contributed by atoms with Gasteiger partial charge in [0.05, 0.1) is 24.1 Å². The van der Waals surface area contributed by atoms with Crippen LogP contribution < -0.4 is 10.1 Å². The summed E-state index contributed by atoms with van der Waals surface area (Å²) in [5.74, 6) is -3.29. The number of benzene rings is 3. The van der Waals surface area contributed by atoms with Crippen molar-refractivity contribution in [1.29, 1.82) is 0 Å². The molecule has 12 heteroatoms. The highest BCUT2D eigenvalue weighted by atomic mass is 32.1. The molecule has 0 fully saturated rings. The number of halogens is 3. The molecule has 4 aromatic rings. The number of amides is 1. The molecule has 0 saturated heterocycles. The topological polar surface area (TPSA) is 95.3 Å². The number of esters is 1. The number of carbonyl (C=O) groups excluding carboxylic acids is 2. The van der Waals surface area contributed by atoms with E-state index >= 15 is 0 Å². The molecule has 3 heterocycles. The van der Waals surface area contributed by atoms with Gasteiger partial charge in [0.1, 0.15) is 22.1 Å². The van der Waals surface area contributed by atoms with Crippen LogP contribution in [0.25, 0.3) is 33.9 Å². The molecule has 0 spiro atoms. The van der Waals surface area contributed by atoms with Crippen LogP contribution in [0.3, 0.4) is 0 Å². The average Bonchev–Trinajstić information content (AvgIpc) is 3.68. The predicted molar refractivity (Wildman–Crippen MR) is 169 cm³/mol. The number of anilines is 1. The number of imidazole rings is 1. The highest BCUT2D eigenvalue weighted by Gasteiger charge is 2.19. The summed E-state index contributed by atoms with van der Waals surface area (Å²) in [6, 6.07) is 18.8. The Balaban J connectivity index is 0.00000417. The Hall–Kier alpha value is -5.49. The van der Waals surface area contributed by atoms with Crippen molar-refractivity contribution in [3.63, 3.8) is 0 Å². The third-order valence-electron chi connectivity index (χ3n) is 6.86. The summed E-state index contributed by atoms with van der Waals surface area (Å²) in [5.41, 5.74) is 3.65. The normalized spacial score (nSPS) is 10.8. The first kappa shape index (κ1) is 31.9. The molecule has 1 aromatic heterocycles. The fourth-order valence-corrected chi connectivity index (χ4v) is 5.46. The Morgan fingerprint density at radius 2 is 1.72 bits per heavy atom. The van der Waals surface area contributed by atoms with Gasteiger partial charge in [-0.1, -0.05) is 37.8 Å². The number of aromatic nitrogens is 3. The number of methoxy groups -OCH3 is 1. The van der Waals surface area contributed by atoms with E-state index in [-0.39, 0.29) is 29.4 Å². The van der Waals surface area contributed by atoms with Crippen LogP contribution in [0.2, 0.25) is 0 Å². The van der Waals surface area contributed by atoms with Crippen molar-refractivity contribution in [3.8, 4) is 39.7 Å². The van der Waals surface area contributed by atoms with Crippen molar-refractivity contribution in [3.05, 3.63) is 118 Å². The summed E-state index contributed by atoms with van der Waals surface area (Å²) in [6.45, 7) is 0.0676. The van der Waals surface area contributed by atoms with Crippen molar-refractivity contribution in [2.24, 2.45) is 0 Å². The van der Waals surface area contributed by atoms with Gasteiger partial charge < -0.3 is 19.4 Å². The standard InChI is InChI=1S/C33H23F3N4O4S.CH4/c1-43-33(42)31-26(12-14-45-31)37-29(41)18-44-28-15-21(34)9-10-22(28)20-7-5-19(6-8-20)16-40-13-11-25-27(17-40)39-32(38-25)23-3-2-4-24(35)30(23)36;/h2-15,17H,16,18H2,1H3,(H,37,41);1H4. The molecule has 1 N–H and O–H groups in total. The first-order valence-electron chi connectivity index (χ1n) is 13.5. The number of rotatable bonds is 9. The van der Waals surface area contributed by atoms with Crippen LogP contribution in [0.15, 0.2) is 90.6 Å². The van der Waals surface area contributed by atoms with Crippen molar-refractivity contribution >= 4 is 28.9 Å². The molecule has 1 amide bonds. The number of nitrogens with one attached hydrogen (secondary N) is 1. The lowest BCUT2D eigenvalue weighted by molar-refractivity contribution is -0.118. The average molecular weight is 645 g/mol. The SMILES string of the molecule is C.COC(=O)c1sccc1NC(=O)COc1cc(F)ccc1-c1ccc(Cn2ccc3nc(-c4cccc(F)c4F)nc-3c2)cc1. The minimum atomic E-state index is -0.994. The van der Waals surface area contributed by atoms with E-state index in [1.165, 1.54) is 31.4 Å². The fourth-order valence-electron chi connectivity index (χ4n) is 4.69. The van der Waals surface area contributed by atoms with E-state index in [4.69, 9.17) is 9.47 Å². The molecular formula is C34H27F3N4O4S. The molecule has 6 rings (SSSR count). The maximum Gasteiger partial charge on any atom is 0.350 e. The van der Waals surface area contributed by atoms with Crippen LogP contribution in [-0.4, -0.2) is 40.1 Å². The zero-order valence-corrected chi connectivity index (χ0v) is 24.4. The van der Waals surface area contributed by atoms with E-state index < -0.39 is 35.9 Å². The molecule has 46 heavy (non-hydrogen) atoms. The monoisotopic (exact) mass is 644 g/mol. The highest BCUT2D eigenvalue weighted by Crippen LogP contribution is 2.32. The first-order valence-corrected chi connectivity index (χ1v) is 14.4. The molecule has 0 unspecified atom stereocenters. The number of nitrogens with zero attached hydrogens (tertiary/aromatic N) is 3. The number of pyridine rings is 1. The number of fused-ring (bicyclic) bond motifs is 1. The molecule has 0 bridgehead atoms. The van der Waals surface area contributed by atoms with Gasteiger partial charge in [0, 0.05) is 30.6 Å². The Bertz CT molecular complexity index is 1990. The van der Waals surface area contributed by atoms with Crippen molar-refractivity contribution in [1.82, 2.24) is 14.5 Å². The predicted octanol–water partition coefficient (Wildman–Crippen LogP) is 7.68. The molecule has 0 saturated carbocycles. The van der Waals surface area contributed by atoms with Gasteiger partial charge in [-0.25, -0.2) is 27.9 Å². The third kappa shape index (κ3) is 6.76. The van der Waals surface area contributed by atoms with E-state index in [0.717, 1.165) is 28.5 Å². The maximum absolute atomic E-state index is 14.3. The van der Waals surface area contributed by atoms with Gasteiger partial charge in [-0.2, -0.15) is 0 Å². The molecular weight excluding hydrogens is 617 g/mol. The zero-order valence-electron chi connectivity index (χ0n) is 23.6. The van der Waals surface area contributed by atoms with Gasteiger partial charge in [-0.3, -0.25) is 4.79 Å². The Morgan fingerprint density at radius 1 is 0.935 bits per heavy atom. The second kappa shape index (κ2) is 13.7. The molecule has 0 radical (unpaired) electrons. The number of hydrogen-bond donors (Lipinski definition) is 1. The summed E-state index contributed by atoms with van der Waals surface area (Å²) >= 11 is 1.13. The minimum absolute atomic E-state index is 0. The Morgan fingerprint density at radius 3 is 2.50 bits per heavy atom. The zero-order chi connectivity index (χ0) is 31.5. The Labute approximate surface area is 266 Å².